The van der Waals surface area contributed by atoms with Crippen LogP contribution in [0.15, 0.2) is 35.5 Å². The zero-order valence-corrected chi connectivity index (χ0v) is 6.54. The molecule has 0 heterocycles. The third-order valence-electron chi connectivity index (χ3n) is 2.12. The van der Waals surface area contributed by atoms with E-state index in [1.807, 2.05) is 6.08 Å². The second-order valence-corrected chi connectivity index (χ2v) is 2.91. The minimum atomic E-state index is -0.403. The Hall–Kier alpha value is -1.44. The molecule has 0 aromatic carbocycles. The summed E-state index contributed by atoms with van der Waals surface area (Å²) in [4.78, 5) is 22.2. The molecule has 60 valence electrons. The van der Waals surface area contributed by atoms with Crippen LogP contribution in [0.25, 0.3) is 0 Å². The van der Waals surface area contributed by atoms with Crippen LogP contribution in [0.5, 0.6) is 0 Å². The van der Waals surface area contributed by atoms with Gasteiger partial charge in [-0.25, -0.2) is 0 Å². The van der Waals surface area contributed by atoms with Crippen LogP contribution in [0.3, 0.4) is 0 Å². The van der Waals surface area contributed by atoms with Gasteiger partial charge in [-0.05, 0) is 24.5 Å². The van der Waals surface area contributed by atoms with Gasteiger partial charge < -0.3 is 0 Å². The number of ketones is 2. The minimum absolute atomic E-state index is 0.358. The van der Waals surface area contributed by atoms with Gasteiger partial charge in [0.2, 0.25) is 11.6 Å². The van der Waals surface area contributed by atoms with E-state index in [2.05, 4.69) is 0 Å². The highest BCUT2D eigenvalue weighted by Crippen LogP contribution is 2.23. The first-order valence-corrected chi connectivity index (χ1v) is 3.95. The van der Waals surface area contributed by atoms with E-state index in [-0.39, 0.29) is 5.78 Å². The summed E-state index contributed by atoms with van der Waals surface area (Å²) in [6.07, 6.45) is 8.64. The molecule has 0 radical (unpaired) electrons. The van der Waals surface area contributed by atoms with Crippen LogP contribution in [-0.2, 0) is 9.59 Å². The fourth-order valence-electron chi connectivity index (χ4n) is 1.46. The van der Waals surface area contributed by atoms with E-state index in [9.17, 15) is 9.59 Å². The monoisotopic (exact) mass is 160 g/mol. The Morgan fingerprint density at radius 2 is 1.92 bits per heavy atom. The van der Waals surface area contributed by atoms with Crippen molar-refractivity contribution >= 4 is 11.6 Å². The smallest absolute Gasteiger partial charge is 0.233 e. The van der Waals surface area contributed by atoms with Crippen molar-refractivity contribution in [3.8, 4) is 0 Å². The summed E-state index contributed by atoms with van der Waals surface area (Å²) in [5.74, 6) is -0.760. The first kappa shape index (κ1) is 7.22. The van der Waals surface area contributed by atoms with Crippen molar-refractivity contribution in [3.63, 3.8) is 0 Å². The molecule has 0 aliphatic heterocycles. The van der Waals surface area contributed by atoms with Gasteiger partial charge in [0.05, 0.1) is 0 Å². The average Bonchev–Trinajstić information content (AvgIpc) is 2.12. The molecule has 12 heavy (non-hydrogen) atoms. The molecule has 0 fully saturated rings. The zero-order chi connectivity index (χ0) is 8.55. The van der Waals surface area contributed by atoms with Crippen LogP contribution in [0.2, 0.25) is 0 Å². The highest BCUT2D eigenvalue weighted by molar-refractivity contribution is 6.49. The Bertz CT molecular complexity index is 343. The molecule has 2 aliphatic rings. The van der Waals surface area contributed by atoms with Crippen LogP contribution < -0.4 is 0 Å². The van der Waals surface area contributed by atoms with Gasteiger partial charge in [0.25, 0.3) is 0 Å². The number of Topliss-reactive ketones (excluding diaryl/α,β-unsaturated/α-hetero) is 1. The van der Waals surface area contributed by atoms with E-state index >= 15 is 0 Å². The molecular weight excluding hydrogens is 152 g/mol. The van der Waals surface area contributed by atoms with Crippen LogP contribution in [-0.4, -0.2) is 11.6 Å². The lowest BCUT2D eigenvalue weighted by molar-refractivity contribution is -0.131. The second kappa shape index (κ2) is 2.55. The van der Waals surface area contributed by atoms with Gasteiger partial charge in [0.15, 0.2) is 0 Å². The summed E-state index contributed by atoms with van der Waals surface area (Å²) in [7, 11) is 0. The molecule has 0 spiro atoms. The van der Waals surface area contributed by atoms with Crippen molar-refractivity contribution in [3.05, 3.63) is 35.5 Å². The largest absolute Gasteiger partial charge is 0.286 e. The van der Waals surface area contributed by atoms with Gasteiger partial charge >= 0.3 is 0 Å². The maximum absolute atomic E-state index is 11.2. The molecule has 2 rings (SSSR count). The first-order chi connectivity index (χ1) is 5.79. The van der Waals surface area contributed by atoms with E-state index in [1.165, 1.54) is 6.08 Å². The number of allylic oxidation sites excluding steroid dienone is 6. The minimum Gasteiger partial charge on any atom is -0.286 e. The summed E-state index contributed by atoms with van der Waals surface area (Å²) in [6, 6.07) is 0. The lowest BCUT2D eigenvalue weighted by Gasteiger charge is -2.13. The number of hydrogen-bond donors (Lipinski definition) is 0. The fourth-order valence-corrected chi connectivity index (χ4v) is 1.46. The van der Waals surface area contributed by atoms with Crippen molar-refractivity contribution in [2.45, 2.75) is 12.8 Å². The molecular formula is C10H8O2. The lowest BCUT2D eigenvalue weighted by atomic mass is 9.89. The quantitative estimate of drug-likeness (QED) is 0.396. The first-order valence-electron chi connectivity index (χ1n) is 3.95. The summed E-state index contributed by atoms with van der Waals surface area (Å²) in [6.45, 7) is 0. The second-order valence-electron chi connectivity index (χ2n) is 2.91. The van der Waals surface area contributed by atoms with Crippen molar-refractivity contribution in [2.75, 3.05) is 0 Å². The summed E-state index contributed by atoms with van der Waals surface area (Å²) < 4.78 is 0. The molecule has 2 heteroatoms. The Labute approximate surface area is 70.3 Å². The average molecular weight is 160 g/mol. The van der Waals surface area contributed by atoms with Crippen molar-refractivity contribution in [1.29, 1.82) is 0 Å². The van der Waals surface area contributed by atoms with Crippen LogP contribution in [0.4, 0.5) is 0 Å². The van der Waals surface area contributed by atoms with Gasteiger partial charge in [0, 0.05) is 5.57 Å². The number of carbonyl (C=O) groups excluding carboxylic acids is 2. The number of carbonyl (C=O) groups is 2. The topological polar surface area (TPSA) is 34.1 Å². The van der Waals surface area contributed by atoms with Gasteiger partial charge in [-0.15, -0.1) is 0 Å². The van der Waals surface area contributed by atoms with Gasteiger partial charge in [0.1, 0.15) is 0 Å². The van der Waals surface area contributed by atoms with E-state index in [4.69, 9.17) is 0 Å². The number of hydrogen-bond acceptors (Lipinski definition) is 2. The standard InChI is InChI=1S/C10H8O2/c11-9-6-5-7-3-1-2-4-8(7)10(9)12/h2,4-6H,1,3H2. The SMILES string of the molecule is O=C1C=CC2=C(C=CCC2)C1=O. The lowest BCUT2D eigenvalue weighted by Crippen LogP contribution is -2.18. The van der Waals surface area contributed by atoms with Gasteiger partial charge in [-0.1, -0.05) is 18.2 Å². The highest BCUT2D eigenvalue weighted by atomic mass is 16.2. The molecule has 0 N–H and O–H groups in total. The molecule has 0 aromatic heterocycles. The van der Waals surface area contributed by atoms with Crippen LogP contribution in [0.1, 0.15) is 12.8 Å². The molecule has 0 amide bonds. The zero-order valence-electron chi connectivity index (χ0n) is 6.54. The van der Waals surface area contributed by atoms with Crippen molar-refractivity contribution in [2.24, 2.45) is 0 Å². The molecule has 0 aromatic rings. The molecule has 0 bridgehead atoms. The molecule has 0 unspecified atom stereocenters. The van der Waals surface area contributed by atoms with E-state index in [1.54, 1.807) is 12.2 Å². The summed E-state index contributed by atoms with van der Waals surface area (Å²) in [5.41, 5.74) is 1.59. The fraction of sp³-hybridized carbons (Fsp3) is 0.200. The highest BCUT2D eigenvalue weighted by Gasteiger charge is 2.22. The van der Waals surface area contributed by atoms with Gasteiger partial charge in [-0.3, -0.25) is 9.59 Å². The predicted molar refractivity (Wildman–Crippen MR) is 44.6 cm³/mol. The third kappa shape index (κ3) is 0.961. The Balaban J connectivity index is 2.48. The third-order valence-corrected chi connectivity index (χ3v) is 2.12. The normalized spacial score (nSPS) is 21.7. The summed E-state index contributed by atoms with van der Waals surface area (Å²) in [5, 5.41) is 0. The Morgan fingerprint density at radius 1 is 1.08 bits per heavy atom. The Morgan fingerprint density at radius 3 is 2.75 bits per heavy atom. The molecule has 2 aliphatic carbocycles. The van der Waals surface area contributed by atoms with Crippen molar-refractivity contribution in [1.82, 2.24) is 0 Å². The van der Waals surface area contributed by atoms with Gasteiger partial charge in [-0.2, -0.15) is 0 Å². The van der Waals surface area contributed by atoms with Crippen LogP contribution in [0, 0.1) is 0 Å². The molecule has 2 nitrogen and oxygen atoms in total. The molecule has 0 atom stereocenters. The van der Waals surface area contributed by atoms with E-state index in [0.29, 0.717) is 5.57 Å². The summed E-state index contributed by atoms with van der Waals surface area (Å²) >= 11 is 0. The maximum atomic E-state index is 11.2. The Kier molecular flexibility index (Phi) is 1.54. The molecule has 0 saturated carbocycles. The van der Waals surface area contributed by atoms with Crippen LogP contribution >= 0.6 is 0 Å². The maximum Gasteiger partial charge on any atom is 0.233 e. The molecule has 0 saturated heterocycles. The van der Waals surface area contributed by atoms with E-state index in [0.717, 1.165) is 18.4 Å². The number of rotatable bonds is 0. The predicted octanol–water partition coefficient (Wildman–Crippen LogP) is 1.34. The van der Waals surface area contributed by atoms with E-state index < -0.39 is 5.78 Å². The van der Waals surface area contributed by atoms with Crippen molar-refractivity contribution < 1.29 is 9.59 Å².